The van der Waals surface area contributed by atoms with Crippen LogP contribution in [0, 0.1) is 0 Å². The van der Waals surface area contributed by atoms with Crippen LogP contribution in [0.5, 0.6) is 23.0 Å². The van der Waals surface area contributed by atoms with Crippen LogP contribution in [0.25, 0.3) is 11.1 Å². The van der Waals surface area contributed by atoms with E-state index in [0.717, 1.165) is 48.5 Å². The molecule has 300 valence electrons. The first-order valence-electron chi connectivity index (χ1n) is 19.3. The molecule has 0 saturated heterocycles. The molecule has 0 saturated carbocycles. The van der Waals surface area contributed by atoms with E-state index < -0.39 is 11.9 Å². The Morgan fingerprint density at radius 1 is 0.509 bits per heavy atom. The molecule has 0 radical (unpaired) electrons. The van der Waals surface area contributed by atoms with Gasteiger partial charge in [0.1, 0.15) is 23.0 Å². The molecule has 0 N–H and O–H groups in total. The summed E-state index contributed by atoms with van der Waals surface area (Å²) in [5, 5.41) is 0. The molecule has 0 fully saturated rings. The van der Waals surface area contributed by atoms with E-state index in [1.807, 2.05) is 24.3 Å². The van der Waals surface area contributed by atoms with Crippen LogP contribution in [0.3, 0.4) is 0 Å². The van der Waals surface area contributed by atoms with Crippen molar-refractivity contribution in [3.8, 4) is 34.1 Å². The second-order valence-corrected chi connectivity index (χ2v) is 13.3. The normalized spacial score (nSPS) is 10.2. The van der Waals surface area contributed by atoms with E-state index in [0.29, 0.717) is 35.8 Å². The molecule has 0 aromatic heterocycles. The highest BCUT2D eigenvalue weighted by Crippen LogP contribution is 2.25. The van der Waals surface area contributed by atoms with Gasteiger partial charge in [-0.05, 0) is 117 Å². The minimum atomic E-state index is -0.524. The van der Waals surface area contributed by atoms with Gasteiger partial charge in [-0.25, -0.2) is 14.4 Å². The first kappa shape index (κ1) is 45.2. The molecule has 0 aliphatic heterocycles. The predicted molar refractivity (Wildman–Crippen MR) is 224 cm³/mol. The lowest BCUT2D eigenvalue weighted by atomic mass is 10.0. The van der Waals surface area contributed by atoms with Crippen LogP contribution in [0.15, 0.2) is 134 Å². The average molecular weight is 775 g/mol. The van der Waals surface area contributed by atoms with E-state index in [1.54, 1.807) is 38.1 Å². The SMILES string of the molecule is C=C(C)C(=O)Oc1ccc(C(=O)c2ccc(OC(=O)C(=C)C)cc2)cc1.C=CC(=O)OCCCCOc1ccc(-c2ccc(OCCCCCCCC)cc2)cc1. The summed E-state index contributed by atoms with van der Waals surface area (Å²) in [6.07, 6.45) is 10.4. The van der Waals surface area contributed by atoms with Gasteiger partial charge in [0.25, 0.3) is 0 Å². The lowest BCUT2D eigenvalue weighted by Gasteiger charge is -2.09. The van der Waals surface area contributed by atoms with Gasteiger partial charge in [0, 0.05) is 28.3 Å². The second kappa shape index (κ2) is 25.0. The minimum Gasteiger partial charge on any atom is -0.494 e. The van der Waals surface area contributed by atoms with Crippen molar-refractivity contribution in [2.45, 2.75) is 72.1 Å². The summed E-state index contributed by atoms with van der Waals surface area (Å²) in [5.74, 6) is 0.789. The highest BCUT2D eigenvalue weighted by molar-refractivity contribution is 6.09. The fraction of sp³-hybridized carbons (Fsp3) is 0.292. The summed E-state index contributed by atoms with van der Waals surface area (Å²) in [5.41, 5.74) is 3.75. The fourth-order valence-electron chi connectivity index (χ4n) is 5.09. The van der Waals surface area contributed by atoms with Gasteiger partial charge >= 0.3 is 17.9 Å². The molecule has 9 heteroatoms. The van der Waals surface area contributed by atoms with E-state index in [-0.39, 0.29) is 22.9 Å². The highest BCUT2D eigenvalue weighted by atomic mass is 16.5. The number of hydrogen-bond donors (Lipinski definition) is 0. The van der Waals surface area contributed by atoms with Crippen molar-refractivity contribution >= 4 is 23.7 Å². The Hall–Kier alpha value is -6.22. The maximum atomic E-state index is 12.5. The third-order valence-electron chi connectivity index (χ3n) is 8.38. The van der Waals surface area contributed by atoms with Crippen LogP contribution in [-0.2, 0) is 19.1 Å². The molecular weight excluding hydrogens is 721 g/mol. The minimum absolute atomic E-state index is 0.208. The van der Waals surface area contributed by atoms with Gasteiger partial charge in [0.05, 0.1) is 19.8 Å². The number of esters is 3. The zero-order valence-electron chi connectivity index (χ0n) is 33.4. The van der Waals surface area contributed by atoms with Gasteiger partial charge < -0.3 is 23.7 Å². The van der Waals surface area contributed by atoms with Crippen molar-refractivity contribution < 1.29 is 42.9 Å². The van der Waals surface area contributed by atoms with Crippen LogP contribution >= 0.6 is 0 Å². The molecule has 0 atom stereocenters. The summed E-state index contributed by atoms with van der Waals surface area (Å²) >= 11 is 0. The number of ketones is 1. The molecule has 4 aromatic rings. The van der Waals surface area contributed by atoms with E-state index in [1.165, 1.54) is 62.4 Å². The number of unbranched alkanes of at least 4 members (excludes halogenated alkanes) is 6. The first-order valence-corrected chi connectivity index (χ1v) is 19.3. The monoisotopic (exact) mass is 774 g/mol. The molecule has 4 aromatic carbocycles. The smallest absolute Gasteiger partial charge is 0.338 e. The van der Waals surface area contributed by atoms with Crippen molar-refractivity contribution in [1.82, 2.24) is 0 Å². The van der Waals surface area contributed by atoms with Gasteiger partial charge in [-0.15, -0.1) is 0 Å². The zero-order valence-corrected chi connectivity index (χ0v) is 33.4. The molecular formula is C48H54O9. The van der Waals surface area contributed by atoms with Gasteiger partial charge in [-0.3, -0.25) is 4.79 Å². The molecule has 0 spiro atoms. The van der Waals surface area contributed by atoms with Crippen LogP contribution in [0.2, 0.25) is 0 Å². The highest BCUT2D eigenvalue weighted by Gasteiger charge is 2.12. The van der Waals surface area contributed by atoms with Crippen molar-refractivity contribution in [1.29, 1.82) is 0 Å². The molecule has 57 heavy (non-hydrogen) atoms. The Bertz CT molecular complexity index is 1830. The number of benzene rings is 4. The van der Waals surface area contributed by atoms with Gasteiger partial charge in [0.15, 0.2) is 5.78 Å². The summed E-state index contributed by atoms with van der Waals surface area (Å²) in [6, 6.07) is 28.8. The Morgan fingerprint density at radius 3 is 1.28 bits per heavy atom. The van der Waals surface area contributed by atoms with Crippen molar-refractivity contribution in [3.63, 3.8) is 0 Å². The standard InChI is InChI=1S/C27H36O4.C21H18O5/c1-3-5-6-7-8-9-20-29-25-16-12-23(13-17-25)24-14-18-26(19-15-24)30-21-10-11-22-31-27(28)4-2;1-13(2)20(23)25-17-9-5-15(6-10-17)19(22)16-7-11-18(12-8-16)26-21(24)14(3)4/h4,12-19H,2-3,5-11,20-22H2,1H3;5-12H,1,3H2,2,4H3. The molecule has 4 rings (SSSR count). The summed E-state index contributed by atoms with van der Waals surface area (Å²) < 4.78 is 26.7. The molecule has 0 amide bonds. The molecule has 9 nitrogen and oxygen atoms in total. The van der Waals surface area contributed by atoms with E-state index >= 15 is 0 Å². The summed E-state index contributed by atoms with van der Waals surface area (Å²) in [7, 11) is 0. The number of rotatable bonds is 22. The number of carbonyl (C=O) groups is 4. The summed E-state index contributed by atoms with van der Waals surface area (Å²) in [6.45, 7) is 17.5. The maximum absolute atomic E-state index is 12.5. The summed E-state index contributed by atoms with van der Waals surface area (Å²) in [4.78, 5) is 46.4. The predicted octanol–water partition coefficient (Wildman–Crippen LogP) is 10.9. The lowest BCUT2D eigenvalue weighted by molar-refractivity contribution is -0.138. The number of hydrogen-bond acceptors (Lipinski definition) is 9. The maximum Gasteiger partial charge on any atom is 0.338 e. The Morgan fingerprint density at radius 2 is 0.877 bits per heavy atom. The Balaban J connectivity index is 0.000000310. The molecule has 0 bridgehead atoms. The Labute approximate surface area is 337 Å². The topological polar surface area (TPSA) is 114 Å². The first-order chi connectivity index (χ1) is 27.5. The second-order valence-electron chi connectivity index (χ2n) is 13.3. The van der Waals surface area contributed by atoms with Crippen LogP contribution in [-0.4, -0.2) is 43.5 Å². The molecule has 0 unspecified atom stereocenters. The van der Waals surface area contributed by atoms with Gasteiger partial charge in [-0.1, -0.05) is 83.0 Å². The molecule has 0 aliphatic carbocycles. The van der Waals surface area contributed by atoms with Crippen molar-refractivity contribution in [2.75, 3.05) is 19.8 Å². The third kappa shape index (κ3) is 17.0. The van der Waals surface area contributed by atoms with E-state index in [2.05, 4.69) is 50.9 Å². The van der Waals surface area contributed by atoms with E-state index in [9.17, 15) is 19.2 Å². The van der Waals surface area contributed by atoms with E-state index in [4.69, 9.17) is 23.7 Å². The van der Waals surface area contributed by atoms with Gasteiger partial charge in [0.2, 0.25) is 0 Å². The number of carbonyl (C=O) groups excluding carboxylic acids is 4. The largest absolute Gasteiger partial charge is 0.494 e. The number of ether oxygens (including phenoxy) is 5. The lowest BCUT2D eigenvalue weighted by Crippen LogP contribution is -2.09. The average Bonchev–Trinajstić information content (AvgIpc) is 3.22. The van der Waals surface area contributed by atoms with Crippen LogP contribution in [0.4, 0.5) is 0 Å². The zero-order chi connectivity index (χ0) is 41.4. The Kier molecular flexibility index (Phi) is 19.8. The van der Waals surface area contributed by atoms with Crippen molar-refractivity contribution in [2.24, 2.45) is 0 Å². The third-order valence-corrected chi connectivity index (χ3v) is 8.38. The quantitative estimate of drug-likeness (QED) is 0.0253. The molecule has 0 heterocycles. The fourth-order valence-corrected chi connectivity index (χ4v) is 5.09. The molecule has 0 aliphatic rings. The van der Waals surface area contributed by atoms with Crippen LogP contribution < -0.4 is 18.9 Å². The van der Waals surface area contributed by atoms with Crippen molar-refractivity contribution in [3.05, 3.63) is 145 Å². The van der Waals surface area contributed by atoms with Gasteiger partial charge in [-0.2, -0.15) is 0 Å². The van der Waals surface area contributed by atoms with Crippen LogP contribution in [0.1, 0.15) is 88.1 Å².